The SMILES string of the molecule is CN1CC2CCCN(C)C2C1.[CH2-]CN(C)C1CN(C)C[C-]1C.[CH2-]CN(C)C1CN(C)C[C-]1C.[CH2-]CN(C)C1CN(C)C[C-]1C.[CH2-]CN(C)C1[CH-]CN(C)C1.[Y].[Y].[Y].[Y]. The van der Waals surface area contributed by atoms with Gasteiger partial charge in [-0.2, -0.15) is 20.8 Å². The van der Waals surface area contributed by atoms with Crippen LogP contribution in [0.5, 0.6) is 0 Å². The zero-order valence-electron chi connectivity index (χ0n) is 40.2. The van der Waals surface area contributed by atoms with Crippen molar-refractivity contribution in [2.24, 2.45) is 5.92 Å². The van der Waals surface area contributed by atoms with Crippen LogP contribution in [-0.4, -0.2) is 248 Å². The van der Waals surface area contributed by atoms with Crippen molar-refractivity contribution in [3.8, 4) is 0 Å². The molecule has 0 aliphatic carbocycles. The van der Waals surface area contributed by atoms with Gasteiger partial charge in [-0.3, -0.25) is 24.2 Å². The summed E-state index contributed by atoms with van der Waals surface area (Å²) in [5, 5.41) is 0. The topological polar surface area (TPSA) is 32.4 Å². The van der Waals surface area contributed by atoms with Gasteiger partial charge in [-0.1, -0.05) is 0 Å². The zero-order valence-corrected chi connectivity index (χ0v) is 51.5. The number of rotatable bonds is 8. The standard InChI is InChI=1S/4C9H18N2.C8H16N2.4Y/c1-10-6-8-4-3-5-11(2)9(8)7-10;3*1-5-11(4)9-7-10(3)6-8(9)2;1-4-10(3)8-5-6-9(2)7-8;;;;/h8-9H,3-7H2,1-2H3;3*9H,1,5-7H2,2-4H3;5,8H,1,4,6-7H2,2-3H3;;;;/q;4*-2;;;;. The van der Waals surface area contributed by atoms with E-state index in [0.29, 0.717) is 24.2 Å². The Morgan fingerprint density at radius 1 is 0.517 bits per heavy atom. The second-order valence-corrected chi connectivity index (χ2v) is 17.8. The quantitative estimate of drug-likeness (QED) is 0.339. The van der Waals surface area contributed by atoms with Crippen molar-refractivity contribution < 1.29 is 131 Å². The Bertz CT molecular complexity index is 901. The van der Waals surface area contributed by atoms with E-state index >= 15 is 0 Å². The van der Waals surface area contributed by atoms with E-state index in [2.05, 4.69) is 174 Å². The van der Waals surface area contributed by atoms with Crippen molar-refractivity contribution >= 4 is 0 Å². The van der Waals surface area contributed by atoms with Gasteiger partial charge in [0.25, 0.3) is 0 Å². The van der Waals surface area contributed by atoms with E-state index in [1.807, 2.05) is 0 Å². The average Bonchev–Trinajstić information content (AvgIpc) is 3.97. The molecule has 58 heavy (non-hydrogen) atoms. The van der Waals surface area contributed by atoms with Crippen molar-refractivity contribution in [2.75, 3.05) is 169 Å². The number of likely N-dealkylation sites (N-methyl/N-ethyl adjacent to an activating group) is 10. The maximum Gasteiger partial charge on any atom is 0.0260 e. The maximum atomic E-state index is 3.88. The fourth-order valence-corrected chi connectivity index (χ4v) is 9.03. The van der Waals surface area contributed by atoms with Crippen LogP contribution in [0.4, 0.5) is 0 Å². The van der Waals surface area contributed by atoms with E-state index in [9.17, 15) is 0 Å². The van der Waals surface area contributed by atoms with Gasteiger partial charge in [-0.25, -0.2) is 0 Å². The molecule has 6 fully saturated rings. The van der Waals surface area contributed by atoms with Gasteiger partial charge in [0, 0.05) is 150 Å². The Morgan fingerprint density at radius 3 is 1.17 bits per heavy atom. The largest absolute Gasteiger partial charge is 0.361 e. The number of nitrogens with zero attached hydrogens (tertiary/aromatic N) is 10. The van der Waals surface area contributed by atoms with Crippen LogP contribution in [0.25, 0.3) is 0 Å². The maximum absolute atomic E-state index is 3.88. The molecule has 0 spiro atoms. The Labute approximate surface area is 464 Å². The molecule has 6 unspecified atom stereocenters. The van der Waals surface area contributed by atoms with Crippen LogP contribution >= 0.6 is 0 Å². The number of fused-ring (bicyclic) bond motifs is 1. The molecule has 0 N–H and O–H groups in total. The summed E-state index contributed by atoms with van der Waals surface area (Å²) in [5.74, 6) is 5.68. The molecule has 0 bridgehead atoms. The first-order chi connectivity index (χ1) is 25.4. The molecule has 6 saturated heterocycles. The molecule has 0 saturated carbocycles. The van der Waals surface area contributed by atoms with Gasteiger partial charge in [-0.05, 0) is 122 Å². The van der Waals surface area contributed by atoms with Crippen molar-refractivity contribution in [3.05, 3.63) is 51.9 Å². The van der Waals surface area contributed by atoms with E-state index in [1.165, 1.54) is 32.5 Å². The second kappa shape index (κ2) is 35.2. The Morgan fingerprint density at radius 2 is 0.897 bits per heavy atom. The molecule has 10 nitrogen and oxygen atoms in total. The summed E-state index contributed by atoms with van der Waals surface area (Å²) in [6, 6.07) is 3.41. The number of hydrogen-bond acceptors (Lipinski definition) is 10. The summed E-state index contributed by atoms with van der Waals surface area (Å²) in [4.78, 5) is 23.6. The third-order valence-corrected chi connectivity index (χ3v) is 12.7. The van der Waals surface area contributed by atoms with Gasteiger partial charge in [0.1, 0.15) is 0 Å². The molecule has 14 heteroatoms. The van der Waals surface area contributed by atoms with Gasteiger partial charge in [0.15, 0.2) is 0 Å². The van der Waals surface area contributed by atoms with Crippen LogP contribution in [-0.2, 0) is 131 Å². The zero-order chi connectivity index (χ0) is 40.7. The van der Waals surface area contributed by atoms with Gasteiger partial charge >= 0.3 is 0 Å². The van der Waals surface area contributed by atoms with E-state index < -0.39 is 0 Å². The van der Waals surface area contributed by atoms with Crippen LogP contribution in [0.2, 0.25) is 0 Å². The normalized spacial score (nSPS) is 28.9. The summed E-state index contributed by atoms with van der Waals surface area (Å²) >= 11 is 0. The van der Waals surface area contributed by atoms with Gasteiger partial charge in [0.05, 0.1) is 0 Å². The third kappa shape index (κ3) is 23.2. The molecule has 6 aliphatic rings. The van der Waals surface area contributed by atoms with Gasteiger partial charge < -0.3 is 76.7 Å². The van der Waals surface area contributed by atoms with E-state index in [0.717, 1.165) is 90.5 Å². The number of likely N-dealkylation sites (tertiary alicyclic amines) is 6. The number of hydrogen-bond donors (Lipinski definition) is 0. The smallest absolute Gasteiger partial charge is 0.0260 e. The molecule has 6 rings (SSSR count). The molecular weight excluding hydrogens is 1020 g/mol. The number of piperidine rings is 1. The first-order valence-electron chi connectivity index (χ1n) is 20.9. The minimum Gasteiger partial charge on any atom is -0.361 e. The molecule has 6 heterocycles. The molecule has 6 atom stereocenters. The summed E-state index contributed by atoms with van der Waals surface area (Å²) in [6.07, 6.45) is 5.20. The Balaban J connectivity index is -0.000000641. The molecular formula is C44H88N10Y4-8. The summed E-state index contributed by atoms with van der Waals surface area (Å²) in [5.41, 5.74) is 0. The fraction of sp³-hybridized carbons (Fsp3) is 0.818. The van der Waals surface area contributed by atoms with E-state index in [-0.39, 0.29) is 131 Å². The Hall–Kier alpha value is 4.02. The van der Waals surface area contributed by atoms with Crippen molar-refractivity contribution in [2.45, 2.75) is 63.8 Å². The monoisotopic (exact) mass is 1110 g/mol. The predicted octanol–water partition coefficient (Wildman–Crippen LogP) is 2.88. The molecule has 0 aromatic rings. The predicted molar refractivity (Wildman–Crippen MR) is 235 cm³/mol. The van der Waals surface area contributed by atoms with E-state index in [1.54, 1.807) is 17.8 Å². The Kier molecular flexibility index (Phi) is 40.2. The molecule has 6 aliphatic heterocycles. The van der Waals surface area contributed by atoms with Crippen LogP contribution in [0.15, 0.2) is 0 Å². The van der Waals surface area contributed by atoms with Crippen molar-refractivity contribution in [1.29, 1.82) is 0 Å². The summed E-state index contributed by atoms with van der Waals surface area (Å²) in [6.45, 7) is 38.9. The second-order valence-electron chi connectivity index (χ2n) is 17.8. The molecule has 0 amide bonds. The molecule has 0 aromatic carbocycles. The first kappa shape index (κ1) is 66.3. The summed E-state index contributed by atoms with van der Waals surface area (Å²) in [7, 11) is 21.7. The molecule has 4 radical (unpaired) electrons. The minimum absolute atomic E-state index is 0. The van der Waals surface area contributed by atoms with Crippen LogP contribution in [0.3, 0.4) is 0 Å². The summed E-state index contributed by atoms with van der Waals surface area (Å²) < 4.78 is 0. The first-order valence-corrected chi connectivity index (χ1v) is 20.9. The van der Waals surface area contributed by atoms with Crippen LogP contribution in [0.1, 0.15) is 33.6 Å². The fourth-order valence-electron chi connectivity index (χ4n) is 9.03. The average molecular weight is 1110 g/mol. The molecule has 334 valence electrons. The van der Waals surface area contributed by atoms with Crippen LogP contribution < -0.4 is 0 Å². The minimum atomic E-state index is 0. The van der Waals surface area contributed by atoms with Crippen molar-refractivity contribution in [1.82, 2.24) is 49.0 Å². The van der Waals surface area contributed by atoms with E-state index in [4.69, 9.17) is 0 Å². The van der Waals surface area contributed by atoms with Crippen molar-refractivity contribution in [3.63, 3.8) is 0 Å². The van der Waals surface area contributed by atoms with Crippen LogP contribution in [0, 0.1) is 57.8 Å². The van der Waals surface area contributed by atoms with Gasteiger partial charge in [-0.15, -0.1) is 76.5 Å². The van der Waals surface area contributed by atoms with Gasteiger partial charge in [0.2, 0.25) is 0 Å². The molecule has 0 aromatic heterocycles. The third-order valence-electron chi connectivity index (χ3n) is 12.7.